The summed E-state index contributed by atoms with van der Waals surface area (Å²) in [5.74, 6) is 0.969. The molecular weight excluding hydrogens is 2690 g/mol. The Hall–Kier alpha value is -8.33. The lowest BCUT2D eigenvalue weighted by Crippen LogP contribution is -2.10. The summed E-state index contributed by atoms with van der Waals surface area (Å²) in [6.45, 7) is 18.5. The van der Waals surface area contributed by atoms with E-state index >= 15 is 0 Å². The van der Waals surface area contributed by atoms with Gasteiger partial charge < -0.3 is 62.5 Å². The van der Waals surface area contributed by atoms with Gasteiger partial charge in [0.05, 0.1) is 100 Å². The normalized spacial score (nSPS) is 11.0. The van der Waals surface area contributed by atoms with E-state index in [1.54, 1.807) is 0 Å². The van der Waals surface area contributed by atoms with Gasteiger partial charge in [0.1, 0.15) is 33.1 Å². The zero-order valence-corrected chi connectivity index (χ0v) is 97.1. The molecule has 137 heavy (non-hydrogen) atoms. The first-order chi connectivity index (χ1) is 65.4. The smallest absolute Gasteiger partial charge is 0.156 e. The SMILES string of the molecule is CC(C)(C)c1ccc(NCc2ccc3c(Br)cc(Br)c(O)c3n2)cc1.CCc1ccc(NCc2ccc3c(Br)cc(Br)c(O)c3n2)cc1.Cc1ccc(Br)cc1NCc1ccc2c(Br)cc(Br)c(O)c2n1.Cc1cccc(NCc2ccc3c(Br)cc(Br)c(O)c3n2)c1.Cc1ccccc1NCc1ccc2c(Br)cc(Br)c(O)c2n1.Oc1c(Br)cc(Br)c2ccc(CNc3ccc(I)cc3)nc12. The summed E-state index contributed by atoms with van der Waals surface area (Å²) in [7, 11) is 0. The van der Waals surface area contributed by atoms with Crippen LogP contribution in [0.1, 0.15) is 89.7 Å². The van der Waals surface area contributed by atoms with Crippen LogP contribution < -0.4 is 31.9 Å². The number of para-hydroxylation sites is 1. The standard InChI is InChI=1S/C20H20Br2N2O.C18H16Br2N2O.C17H13Br3N2O.2C17H14Br2N2O.C16H11Br2IN2O/c1-20(2,3)12-4-6-13(7-5-12)23-11-14-8-9-15-16(21)10-17(22)19(25)18(15)24-14;1-2-11-3-5-12(6-4-11)21-10-13-7-8-14-15(19)9-16(20)18(23)17(14)22-13;1-9-2-3-10(18)6-15(9)21-8-11-4-5-12-13(19)7-14(20)17(23)16(12)22-11;1-10-3-2-4-11(7-10)20-9-12-5-6-13-14(18)8-15(19)17(22)16(13)21-12;1-10-4-2-3-5-15(10)20-9-11-6-7-12-13(18)8-14(19)17(22)16(12)21-11;17-13-7-14(18)16(22)15-12(13)6-5-11(21-15)8-20-10-3-1-9(19)2-4-10/h4-10,23,25H,11H2,1-3H3;3-9,21,23H,2,10H2,1H3;2-7,21,23H,8H2,1H3;2*2-8,20,22H,9H2,1H3;1-7,20,22H,8H2. The van der Waals surface area contributed by atoms with E-state index in [0.29, 0.717) is 99.2 Å². The number of benzene rings is 12. The van der Waals surface area contributed by atoms with Crippen LogP contribution in [-0.4, -0.2) is 60.5 Å². The highest BCUT2D eigenvalue weighted by atomic mass is 127. The number of aromatic hydroxyl groups is 6. The molecule has 18 nitrogen and oxygen atoms in total. The number of halogens is 14. The summed E-state index contributed by atoms with van der Waals surface area (Å²) in [6.07, 6.45) is 1.04. The first kappa shape index (κ1) is 106. The number of hydrogen-bond donors (Lipinski definition) is 12. The fourth-order valence-corrected chi connectivity index (χ4v) is 22.4. The molecule has 0 aliphatic carbocycles. The van der Waals surface area contributed by atoms with Gasteiger partial charge in [-0.05, 0) is 367 Å². The second kappa shape index (κ2) is 48.9. The molecule has 18 aromatic rings. The second-order valence-electron chi connectivity index (χ2n) is 32.5. The molecule has 0 fully saturated rings. The number of rotatable bonds is 19. The van der Waals surface area contributed by atoms with Crippen LogP contribution in [0.15, 0.2) is 307 Å². The third-order valence-electron chi connectivity index (χ3n) is 21.6. The molecule has 12 aromatic carbocycles. The molecule has 6 heterocycles. The Morgan fingerprint density at radius 2 is 0.555 bits per heavy atom. The van der Waals surface area contributed by atoms with Crippen LogP contribution in [0.4, 0.5) is 34.1 Å². The van der Waals surface area contributed by atoms with Crippen molar-refractivity contribution in [1.29, 1.82) is 0 Å². The Morgan fingerprint density at radius 1 is 0.270 bits per heavy atom. The number of nitrogens with zero attached hydrogens (tertiary/aromatic N) is 6. The summed E-state index contributed by atoms with van der Waals surface area (Å²) >= 11 is 46.8. The first-order valence-electron chi connectivity index (χ1n) is 42.5. The van der Waals surface area contributed by atoms with Crippen molar-refractivity contribution in [3.8, 4) is 34.5 Å². The molecule has 0 aliphatic rings. The third kappa shape index (κ3) is 28.1. The number of aromatic nitrogens is 6. The number of phenolic OH excluding ortho intramolecular Hbond substituents is 6. The van der Waals surface area contributed by atoms with E-state index < -0.39 is 0 Å². The number of aryl methyl sites for hydroxylation is 4. The molecule has 0 spiro atoms. The van der Waals surface area contributed by atoms with Crippen molar-refractivity contribution < 1.29 is 30.6 Å². The minimum Gasteiger partial charge on any atom is -0.505 e. The van der Waals surface area contributed by atoms with Gasteiger partial charge in [0, 0.05) is 101 Å². The van der Waals surface area contributed by atoms with E-state index in [0.717, 1.165) is 138 Å². The molecular formula is C105H88Br13IN12O6. The zero-order valence-electron chi connectivity index (χ0n) is 74.3. The Kier molecular flexibility index (Phi) is 37.8. The second-order valence-corrected chi connectivity index (χ2v) is 44.9. The summed E-state index contributed by atoms with van der Waals surface area (Å²) in [5.41, 5.74) is 21.4. The van der Waals surface area contributed by atoms with E-state index in [1.807, 2.05) is 164 Å². The molecule has 0 atom stereocenters. The minimum absolute atomic E-state index is 0.150. The van der Waals surface area contributed by atoms with Crippen molar-refractivity contribution in [2.24, 2.45) is 0 Å². The molecule has 0 saturated heterocycles. The summed E-state index contributed by atoms with van der Waals surface area (Å²) in [4.78, 5) is 27.4. The van der Waals surface area contributed by atoms with Crippen LogP contribution in [-0.2, 0) is 51.1 Å². The van der Waals surface area contributed by atoms with Crippen LogP contribution >= 0.6 is 230 Å². The van der Waals surface area contributed by atoms with Crippen molar-refractivity contribution in [3.05, 3.63) is 372 Å². The number of nitrogens with one attached hydrogen (secondary N) is 6. The highest BCUT2D eigenvalue weighted by Gasteiger charge is 2.20. The fraction of sp³-hybridized carbons (Fsp3) is 0.143. The fourth-order valence-electron chi connectivity index (χ4n) is 14.0. The summed E-state index contributed by atoms with van der Waals surface area (Å²) in [5, 5.41) is 86.7. The lowest BCUT2D eigenvalue weighted by molar-refractivity contribution is 0.476. The Bertz CT molecular complexity index is 7460. The Labute approximate surface area is 917 Å². The van der Waals surface area contributed by atoms with E-state index in [2.05, 4.69) is 425 Å². The van der Waals surface area contributed by atoms with E-state index in [9.17, 15) is 30.6 Å². The Balaban J connectivity index is 0.000000139. The average Bonchev–Trinajstić information content (AvgIpc) is 0.811. The third-order valence-corrected chi connectivity index (χ3v) is 30.4. The van der Waals surface area contributed by atoms with Gasteiger partial charge >= 0.3 is 0 Å². The molecule has 0 saturated carbocycles. The summed E-state index contributed by atoms with van der Waals surface area (Å²) < 4.78 is 11.4. The number of hydrogen-bond acceptors (Lipinski definition) is 18. The maximum absolute atomic E-state index is 10.2. The number of anilines is 6. The minimum atomic E-state index is 0.150. The molecule has 0 radical (unpaired) electrons. The molecule has 0 aliphatic heterocycles. The number of phenols is 6. The van der Waals surface area contributed by atoms with Crippen LogP contribution in [0.25, 0.3) is 65.4 Å². The molecule has 0 bridgehead atoms. The molecule has 6 aromatic heterocycles. The molecule has 0 amide bonds. The number of fused-ring (bicyclic) bond motifs is 6. The van der Waals surface area contributed by atoms with Crippen molar-refractivity contribution >= 4 is 329 Å². The van der Waals surface area contributed by atoms with E-state index in [1.165, 1.54) is 31.4 Å². The van der Waals surface area contributed by atoms with Crippen LogP contribution in [0.2, 0.25) is 0 Å². The molecule has 12 N–H and O–H groups in total. The predicted molar refractivity (Wildman–Crippen MR) is 618 cm³/mol. The van der Waals surface area contributed by atoms with Gasteiger partial charge in [-0.15, -0.1) is 0 Å². The van der Waals surface area contributed by atoms with Gasteiger partial charge in [-0.25, -0.2) is 29.9 Å². The molecule has 702 valence electrons. The van der Waals surface area contributed by atoms with Crippen LogP contribution in [0.5, 0.6) is 34.5 Å². The highest BCUT2D eigenvalue weighted by Crippen LogP contribution is 2.44. The molecule has 32 heteroatoms. The zero-order chi connectivity index (χ0) is 98.2. The monoisotopic (exact) mass is 2770 g/mol. The average molecular weight is 2780 g/mol. The highest BCUT2D eigenvalue weighted by molar-refractivity contribution is 14.1. The molecule has 0 unspecified atom stereocenters. The van der Waals surface area contributed by atoms with Crippen LogP contribution in [0, 0.1) is 24.3 Å². The van der Waals surface area contributed by atoms with Gasteiger partial charge in [-0.2, -0.15) is 0 Å². The lowest BCUT2D eigenvalue weighted by Gasteiger charge is -2.19. The maximum Gasteiger partial charge on any atom is 0.156 e. The van der Waals surface area contributed by atoms with E-state index in [4.69, 9.17) is 0 Å². The molecule has 18 rings (SSSR count). The van der Waals surface area contributed by atoms with Crippen molar-refractivity contribution in [2.45, 2.75) is 99.6 Å². The lowest BCUT2D eigenvalue weighted by atomic mass is 9.87. The largest absolute Gasteiger partial charge is 0.505 e. The van der Waals surface area contributed by atoms with E-state index in [-0.39, 0.29) is 39.9 Å². The van der Waals surface area contributed by atoms with Crippen molar-refractivity contribution in [2.75, 3.05) is 31.9 Å². The van der Waals surface area contributed by atoms with Crippen LogP contribution in [0.3, 0.4) is 0 Å². The van der Waals surface area contributed by atoms with Gasteiger partial charge in [-0.3, -0.25) is 0 Å². The quantitative estimate of drug-likeness (QED) is 0.0336. The van der Waals surface area contributed by atoms with Crippen molar-refractivity contribution in [3.63, 3.8) is 0 Å². The van der Waals surface area contributed by atoms with Gasteiger partial charge in [0.2, 0.25) is 0 Å². The van der Waals surface area contributed by atoms with Crippen molar-refractivity contribution in [1.82, 2.24) is 29.9 Å². The topological polar surface area (TPSA) is 271 Å². The number of pyridine rings is 6. The van der Waals surface area contributed by atoms with Gasteiger partial charge in [-0.1, -0.05) is 200 Å². The van der Waals surface area contributed by atoms with Gasteiger partial charge in [0.25, 0.3) is 0 Å². The Morgan fingerprint density at radius 3 is 0.861 bits per heavy atom. The maximum atomic E-state index is 10.2. The summed E-state index contributed by atoms with van der Waals surface area (Å²) in [6, 6.07) is 82.0. The van der Waals surface area contributed by atoms with Gasteiger partial charge in [0.15, 0.2) is 34.5 Å². The first-order valence-corrected chi connectivity index (χ1v) is 53.9. The predicted octanol–water partition coefficient (Wildman–Crippen LogP) is 34.6.